The van der Waals surface area contributed by atoms with E-state index in [1.807, 2.05) is 13.8 Å². The molecule has 0 aromatic rings. The lowest BCUT2D eigenvalue weighted by molar-refractivity contribution is 0.162. The third kappa shape index (κ3) is 27.1. The van der Waals surface area contributed by atoms with Gasteiger partial charge in [0.2, 0.25) is 0 Å². The quantitative estimate of drug-likeness (QED) is 0.297. The number of carbonyl (C=O) groups is 1. The van der Waals surface area contributed by atoms with Crippen LogP contribution in [0.3, 0.4) is 0 Å². The number of hydrogen-bond acceptors (Lipinski definition) is 3. The maximum absolute atomic E-state index is 9.13. The minimum absolute atomic E-state index is 0.844. The molecule has 0 atom stereocenters. The van der Waals surface area contributed by atoms with Crippen molar-refractivity contribution in [3.8, 4) is 0 Å². The van der Waals surface area contributed by atoms with Crippen molar-refractivity contribution in [3.63, 3.8) is 0 Å². The Balaban J connectivity index is 0. The smallest absolute Gasteiger partial charge is 0.418 e. The Morgan fingerprint density at radius 3 is 1.90 bits per heavy atom. The van der Waals surface area contributed by atoms with E-state index >= 15 is 0 Å². The van der Waals surface area contributed by atoms with Crippen LogP contribution in [-0.4, -0.2) is 24.4 Å². The second kappa shape index (κ2) is 11.0. The van der Waals surface area contributed by atoms with E-state index in [0.717, 1.165) is 13.2 Å². The van der Waals surface area contributed by atoms with Crippen molar-refractivity contribution in [2.45, 2.75) is 13.8 Å². The van der Waals surface area contributed by atoms with Crippen LogP contribution in [0.15, 0.2) is 0 Å². The zero-order valence-electron chi connectivity index (χ0n) is 6.26. The number of amides is 1. The van der Waals surface area contributed by atoms with E-state index in [-0.39, 0.29) is 0 Å². The summed E-state index contributed by atoms with van der Waals surface area (Å²) in [7, 11) is 0. The van der Waals surface area contributed by atoms with Gasteiger partial charge in [-0.25, -0.2) is 10.6 Å². The lowest BCUT2D eigenvalue weighted by Crippen LogP contribution is -2.27. The van der Waals surface area contributed by atoms with Crippen LogP contribution in [0.4, 0.5) is 4.79 Å². The van der Waals surface area contributed by atoms with Gasteiger partial charge in [-0.05, 0) is 13.8 Å². The maximum Gasteiger partial charge on any atom is 0.418 e. The average Bonchev–Trinajstić information content (AvgIpc) is 1.91. The van der Waals surface area contributed by atoms with Crippen LogP contribution in [0, 0.1) is 0 Å². The summed E-state index contributed by atoms with van der Waals surface area (Å²) in [6.07, 6.45) is -1.22. The first-order chi connectivity index (χ1) is 4.68. The second-order valence-corrected chi connectivity index (χ2v) is 1.23. The van der Waals surface area contributed by atoms with Crippen molar-refractivity contribution < 1.29 is 14.6 Å². The van der Waals surface area contributed by atoms with E-state index in [1.165, 1.54) is 5.43 Å². The molecule has 0 aliphatic heterocycles. The molecule has 0 aliphatic carbocycles. The summed E-state index contributed by atoms with van der Waals surface area (Å²) in [5.41, 5.74) is 1.44. The van der Waals surface area contributed by atoms with Gasteiger partial charge in [-0.3, -0.25) is 5.43 Å². The van der Waals surface area contributed by atoms with E-state index < -0.39 is 6.09 Å². The van der Waals surface area contributed by atoms with Crippen LogP contribution in [0.1, 0.15) is 13.8 Å². The molecule has 10 heavy (non-hydrogen) atoms. The molecular weight excluding hydrogens is 136 g/mol. The van der Waals surface area contributed by atoms with Gasteiger partial charge in [0.25, 0.3) is 0 Å². The Morgan fingerprint density at radius 2 is 1.90 bits per heavy atom. The summed E-state index contributed by atoms with van der Waals surface area (Å²) in [6.45, 7) is 5.67. The van der Waals surface area contributed by atoms with Gasteiger partial charge in [-0.1, -0.05) is 0 Å². The average molecular weight is 150 g/mol. The largest absolute Gasteiger partial charge is 0.464 e. The standard InChI is InChI=1S/C4H10O.CH4N2O2/c1-3-5-4-2;2-3-1(4)5/h3-4H2,1-2H3;3H,2H2,(H,4,5). The minimum atomic E-state index is -1.22. The molecule has 5 heteroatoms. The van der Waals surface area contributed by atoms with E-state index in [4.69, 9.17) is 14.6 Å². The molecule has 5 nitrogen and oxygen atoms in total. The van der Waals surface area contributed by atoms with Crippen LogP contribution < -0.4 is 11.3 Å². The van der Waals surface area contributed by atoms with Gasteiger partial charge < -0.3 is 9.84 Å². The van der Waals surface area contributed by atoms with Crippen LogP contribution in [-0.2, 0) is 4.74 Å². The van der Waals surface area contributed by atoms with Crippen molar-refractivity contribution in [1.82, 2.24) is 5.43 Å². The summed E-state index contributed by atoms with van der Waals surface area (Å²) in [6, 6.07) is 0. The van der Waals surface area contributed by atoms with Gasteiger partial charge in [-0.2, -0.15) is 0 Å². The van der Waals surface area contributed by atoms with Crippen molar-refractivity contribution in [3.05, 3.63) is 0 Å². The SMILES string of the molecule is CCOCC.NNC(=O)O. The van der Waals surface area contributed by atoms with Gasteiger partial charge in [-0.15, -0.1) is 0 Å². The van der Waals surface area contributed by atoms with Gasteiger partial charge in [0.1, 0.15) is 0 Å². The predicted octanol–water partition coefficient (Wildman–Crippen LogP) is 0.171. The van der Waals surface area contributed by atoms with Crippen LogP contribution in [0.2, 0.25) is 0 Å². The highest BCUT2D eigenvalue weighted by Crippen LogP contribution is 1.64. The molecule has 0 saturated carbocycles. The first kappa shape index (κ1) is 11.9. The Bertz CT molecular complexity index is 75.3. The van der Waals surface area contributed by atoms with Crippen LogP contribution >= 0.6 is 0 Å². The van der Waals surface area contributed by atoms with Crippen molar-refractivity contribution in [2.24, 2.45) is 5.84 Å². The summed E-state index contributed by atoms with van der Waals surface area (Å²) in [4.78, 5) is 9.13. The molecule has 0 radical (unpaired) electrons. The number of nitrogens with two attached hydrogens (primary N) is 1. The molecule has 0 aromatic carbocycles. The summed E-state index contributed by atoms with van der Waals surface area (Å²) >= 11 is 0. The van der Waals surface area contributed by atoms with Crippen molar-refractivity contribution in [2.75, 3.05) is 13.2 Å². The van der Waals surface area contributed by atoms with Gasteiger partial charge >= 0.3 is 6.09 Å². The molecule has 4 N–H and O–H groups in total. The normalized spacial score (nSPS) is 7.50. The zero-order valence-corrected chi connectivity index (χ0v) is 6.26. The number of hydrogen-bond donors (Lipinski definition) is 3. The molecule has 0 heterocycles. The monoisotopic (exact) mass is 150 g/mol. The zero-order chi connectivity index (χ0) is 8.41. The lowest BCUT2D eigenvalue weighted by Gasteiger charge is -1.86. The number of rotatable bonds is 2. The molecule has 1 amide bonds. The molecule has 0 saturated heterocycles. The molecule has 0 unspecified atom stereocenters. The van der Waals surface area contributed by atoms with Gasteiger partial charge in [0.15, 0.2) is 0 Å². The molecule has 0 fully saturated rings. The highest BCUT2D eigenvalue weighted by molar-refractivity contribution is 5.63. The Hall–Kier alpha value is -0.810. The summed E-state index contributed by atoms with van der Waals surface area (Å²) in [5.74, 6) is 4.32. The number of carboxylic acid groups (broad SMARTS) is 1. The Kier molecular flexibility index (Phi) is 13.2. The topological polar surface area (TPSA) is 84.6 Å². The summed E-state index contributed by atoms with van der Waals surface area (Å²) < 4.78 is 4.83. The lowest BCUT2D eigenvalue weighted by atomic mass is 10.8. The molecule has 0 rings (SSSR count). The van der Waals surface area contributed by atoms with Crippen molar-refractivity contribution in [1.29, 1.82) is 0 Å². The van der Waals surface area contributed by atoms with Crippen LogP contribution in [0.5, 0.6) is 0 Å². The maximum atomic E-state index is 9.13. The molecule has 0 aromatic heterocycles. The second-order valence-electron chi connectivity index (χ2n) is 1.23. The number of hydrazine groups is 1. The van der Waals surface area contributed by atoms with Gasteiger partial charge in [0.05, 0.1) is 0 Å². The van der Waals surface area contributed by atoms with Crippen molar-refractivity contribution >= 4 is 6.09 Å². The first-order valence-electron chi connectivity index (χ1n) is 2.96. The molecule has 0 bridgehead atoms. The third-order valence-electron chi connectivity index (χ3n) is 0.532. The van der Waals surface area contributed by atoms with E-state index in [1.54, 1.807) is 0 Å². The number of ether oxygens (including phenoxy) is 1. The first-order valence-corrected chi connectivity index (χ1v) is 2.96. The fourth-order valence-corrected chi connectivity index (χ4v) is 0.204. The fraction of sp³-hybridized carbons (Fsp3) is 0.800. The molecule has 0 aliphatic rings. The van der Waals surface area contributed by atoms with Gasteiger partial charge in [0, 0.05) is 13.2 Å². The fourth-order valence-electron chi connectivity index (χ4n) is 0.204. The molecular formula is C5H14N2O3. The Morgan fingerprint density at radius 1 is 1.60 bits per heavy atom. The summed E-state index contributed by atoms with van der Waals surface area (Å²) in [5, 5.41) is 7.49. The van der Waals surface area contributed by atoms with E-state index in [9.17, 15) is 0 Å². The highest BCUT2D eigenvalue weighted by atomic mass is 16.5. The van der Waals surface area contributed by atoms with E-state index in [2.05, 4.69) is 5.84 Å². The predicted molar refractivity (Wildman–Crippen MR) is 37.5 cm³/mol. The van der Waals surface area contributed by atoms with E-state index in [0.29, 0.717) is 0 Å². The minimum Gasteiger partial charge on any atom is -0.464 e. The molecule has 62 valence electrons. The Labute approximate surface area is 60.1 Å². The van der Waals surface area contributed by atoms with Crippen LogP contribution in [0.25, 0.3) is 0 Å². The highest BCUT2D eigenvalue weighted by Gasteiger charge is 1.77. The number of nitrogens with one attached hydrogen (secondary N) is 1. The molecule has 0 spiro atoms. The third-order valence-corrected chi connectivity index (χ3v) is 0.532.